The van der Waals surface area contributed by atoms with Gasteiger partial charge in [0.25, 0.3) is 11.5 Å². The number of hydrogen-bond acceptors (Lipinski definition) is 5. The number of aryl methyl sites for hydroxylation is 2. The molecule has 28 heavy (non-hydrogen) atoms. The van der Waals surface area contributed by atoms with Crippen LogP contribution in [0.1, 0.15) is 39.8 Å². The van der Waals surface area contributed by atoms with E-state index in [0.29, 0.717) is 0 Å². The van der Waals surface area contributed by atoms with E-state index in [-0.39, 0.29) is 24.3 Å². The average Bonchev–Trinajstić information content (AvgIpc) is 3.29. The van der Waals surface area contributed by atoms with Crippen molar-refractivity contribution in [3.05, 3.63) is 57.3 Å². The highest BCUT2D eigenvalue weighted by molar-refractivity contribution is 5.94. The van der Waals surface area contributed by atoms with Gasteiger partial charge >= 0.3 is 6.18 Å². The number of amides is 1. The number of fused-ring (bicyclic) bond motifs is 1. The van der Waals surface area contributed by atoms with Gasteiger partial charge in [0.1, 0.15) is 11.7 Å². The highest BCUT2D eigenvalue weighted by atomic mass is 19.4. The Morgan fingerprint density at radius 1 is 1.25 bits per heavy atom. The smallest absolute Gasteiger partial charge is 0.377 e. The lowest BCUT2D eigenvalue weighted by Gasteiger charge is -2.21. The van der Waals surface area contributed by atoms with E-state index in [9.17, 15) is 22.8 Å². The van der Waals surface area contributed by atoms with Gasteiger partial charge in [-0.1, -0.05) is 0 Å². The Morgan fingerprint density at radius 2 is 2.07 bits per heavy atom. The molecule has 0 spiro atoms. The number of ether oxygens (including phenoxy) is 1. The minimum Gasteiger partial charge on any atom is -0.377 e. The summed E-state index contributed by atoms with van der Waals surface area (Å²) >= 11 is 0. The highest BCUT2D eigenvalue weighted by Gasteiger charge is 2.35. The first-order valence-electron chi connectivity index (χ1n) is 8.86. The maximum absolute atomic E-state index is 12.6. The lowest BCUT2D eigenvalue weighted by Crippen LogP contribution is -2.44. The maximum Gasteiger partial charge on any atom is 0.433 e. The standard InChI is InChI=1S/C18H17F3N4O3/c19-18(20,21)15-5-4-11(7-22-15)17(27)23-13-8-28-9-14(13)25-16(26)6-10-2-1-3-12(10)24-25/h4-7,13-14H,1-3,8-9H2,(H,23,27). The summed E-state index contributed by atoms with van der Waals surface area (Å²) < 4.78 is 44.6. The molecule has 7 nitrogen and oxygen atoms in total. The molecule has 2 aromatic rings. The van der Waals surface area contributed by atoms with Crippen molar-refractivity contribution in [2.75, 3.05) is 13.2 Å². The molecule has 1 aliphatic carbocycles. The first-order chi connectivity index (χ1) is 13.3. The van der Waals surface area contributed by atoms with Crippen molar-refractivity contribution in [3.63, 3.8) is 0 Å². The van der Waals surface area contributed by atoms with Crippen LogP contribution in [0, 0.1) is 0 Å². The molecule has 1 aliphatic heterocycles. The number of alkyl halides is 3. The van der Waals surface area contributed by atoms with E-state index in [2.05, 4.69) is 15.4 Å². The Bertz CT molecular complexity index is 956. The Morgan fingerprint density at radius 3 is 2.79 bits per heavy atom. The molecule has 1 fully saturated rings. The van der Waals surface area contributed by atoms with Gasteiger partial charge in [-0.15, -0.1) is 0 Å². The predicted octanol–water partition coefficient (Wildman–Crippen LogP) is 1.52. The van der Waals surface area contributed by atoms with Crippen LogP contribution >= 0.6 is 0 Å². The number of nitrogens with one attached hydrogen (secondary N) is 1. The Labute approximate surface area is 157 Å². The van der Waals surface area contributed by atoms with Crippen LogP contribution in [0.25, 0.3) is 0 Å². The van der Waals surface area contributed by atoms with Gasteiger partial charge in [0, 0.05) is 12.3 Å². The molecule has 0 radical (unpaired) electrons. The lowest BCUT2D eigenvalue weighted by molar-refractivity contribution is -0.141. The molecule has 2 unspecified atom stereocenters. The molecule has 1 saturated heterocycles. The van der Waals surface area contributed by atoms with Crippen LogP contribution in [0.15, 0.2) is 29.2 Å². The summed E-state index contributed by atoms with van der Waals surface area (Å²) in [5.74, 6) is -0.587. The highest BCUT2D eigenvalue weighted by Crippen LogP contribution is 2.27. The largest absolute Gasteiger partial charge is 0.433 e. The van der Waals surface area contributed by atoms with Crippen LogP contribution in [-0.2, 0) is 23.8 Å². The number of halogens is 3. The van der Waals surface area contributed by atoms with Crippen molar-refractivity contribution < 1.29 is 22.7 Å². The number of carbonyl (C=O) groups is 1. The Balaban J connectivity index is 1.52. The first-order valence-corrected chi connectivity index (χ1v) is 8.86. The van der Waals surface area contributed by atoms with E-state index in [1.807, 2.05) is 0 Å². The van der Waals surface area contributed by atoms with Crippen molar-refractivity contribution in [1.29, 1.82) is 0 Å². The second-order valence-electron chi connectivity index (χ2n) is 6.87. The quantitative estimate of drug-likeness (QED) is 0.853. The molecular weight excluding hydrogens is 377 g/mol. The van der Waals surface area contributed by atoms with Crippen molar-refractivity contribution in [2.24, 2.45) is 0 Å². The summed E-state index contributed by atoms with van der Waals surface area (Å²) in [4.78, 5) is 28.1. The zero-order chi connectivity index (χ0) is 19.9. The zero-order valence-electron chi connectivity index (χ0n) is 14.7. The maximum atomic E-state index is 12.6. The summed E-state index contributed by atoms with van der Waals surface area (Å²) in [6.07, 6.45) is -1.10. The summed E-state index contributed by atoms with van der Waals surface area (Å²) in [6, 6.07) is 2.39. The second kappa shape index (κ2) is 7.01. The van der Waals surface area contributed by atoms with E-state index >= 15 is 0 Å². The van der Waals surface area contributed by atoms with Crippen molar-refractivity contribution in [1.82, 2.24) is 20.1 Å². The summed E-state index contributed by atoms with van der Waals surface area (Å²) in [5, 5.41) is 7.15. The molecule has 0 aromatic carbocycles. The minimum atomic E-state index is -4.57. The Kier molecular flexibility index (Phi) is 4.66. The molecule has 2 aliphatic rings. The van der Waals surface area contributed by atoms with Crippen LogP contribution in [0.4, 0.5) is 13.2 Å². The van der Waals surface area contributed by atoms with Gasteiger partial charge in [0.05, 0.1) is 30.5 Å². The summed E-state index contributed by atoms with van der Waals surface area (Å²) in [7, 11) is 0. The SMILES string of the molecule is O=C(NC1COCC1n1nc2c(cc1=O)CCC2)c1ccc(C(F)(F)F)nc1. The molecule has 2 aromatic heterocycles. The van der Waals surface area contributed by atoms with Gasteiger partial charge in [-0.25, -0.2) is 4.68 Å². The summed E-state index contributed by atoms with van der Waals surface area (Å²) in [6.45, 7) is 0.386. The fraction of sp³-hybridized carbons (Fsp3) is 0.444. The van der Waals surface area contributed by atoms with E-state index in [4.69, 9.17) is 4.74 Å². The second-order valence-corrected chi connectivity index (χ2v) is 6.87. The van der Waals surface area contributed by atoms with Crippen LogP contribution in [0.5, 0.6) is 0 Å². The third-order valence-corrected chi connectivity index (χ3v) is 4.98. The van der Waals surface area contributed by atoms with E-state index in [0.717, 1.165) is 48.8 Å². The van der Waals surface area contributed by atoms with Gasteiger partial charge in [-0.3, -0.25) is 14.6 Å². The number of carbonyl (C=O) groups excluding carboxylic acids is 1. The number of rotatable bonds is 3. The molecule has 2 atom stereocenters. The van der Waals surface area contributed by atoms with Gasteiger partial charge in [0.15, 0.2) is 0 Å². The van der Waals surface area contributed by atoms with Crippen LogP contribution in [0.3, 0.4) is 0 Å². The van der Waals surface area contributed by atoms with Crippen LogP contribution in [0.2, 0.25) is 0 Å². The first kappa shape index (κ1) is 18.6. The Hall–Kier alpha value is -2.75. The molecule has 0 bridgehead atoms. The molecule has 148 valence electrons. The summed E-state index contributed by atoms with van der Waals surface area (Å²) in [5.41, 5.74) is 0.500. The van der Waals surface area contributed by atoms with Crippen molar-refractivity contribution in [3.8, 4) is 0 Å². The number of pyridine rings is 1. The molecular formula is C18H17F3N4O3. The monoisotopic (exact) mass is 394 g/mol. The van der Waals surface area contributed by atoms with E-state index < -0.39 is 29.9 Å². The fourth-order valence-corrected chi connectivity index (χ4v) is 3.52. The molecule has 1 N–H and O–H groups in total. The van der Waals surface area contributed by atoms with Crippen LogP contribution in [-0.4, -0.2) is 39.9 Å². The third kappa shape index (κ3) is 3.51. The molecule has 0 saturated carbocycles. The van der Waals surface area contributed by atoms with Gasteiger partial charge in [-0.05, 0) is 37.0 Å². The molecule has 4 rings (SSSR count). The fourth-order valence-electron chi connectivity index (χ4n) is 3.52. The van der Waals surface area contributed by atoms with Crippen LogP contribution < -0.4 is 10.9 Å². The topological polar surface area (TPSA) is 86.1 Å². The molecule has 1 amide bonds. The third-order valence-electron chi connectivity index (χ3n) is 4.98. The zero-order valence-corrected chi connectivity index (χ0v) is 14.7. The number of hydrogen-bond donors (Lipinski definition) is 1. The van der Waals surface area contributed by atoms with E-state index in [1.165, 1.54) is 4.68 Å². The van der Waals surface area contributed by atoms with Crippen molar-refractivity contribution in [2.45, 2.75) is 37.5 Å². The van der Waals surface area contributed by atoms with Gasteiger partial charge in [0.2, 0.25) is 0 Å². The molecule has 10 heteroatoms. The predicted molar refractivity (Wildman–Crippen MR) is 90.9 cm³/mol. The average molecular weight is 394 g/mol. The number of aromatic nitrogens is 3. The van der Waals surface area contributed by atoms with Gasteiger partial charge in [-0.2, -0.15) is 18.3 Å². The molecule has 3 heterocycles. The normalized spacial score (nSPS) is 21.5. The van der Waals surface area contributed by atoms with E-state index in [1.54, 1.807) is 6.07 Å². The number of nitrogens with zero attached hydrogens (tertiary/aromatic N) is 3. The minimum absolute atomic E-state index is 0.00657. The van der Waals surface area contributed by atoms with Gasteiger partial charge < -0.3 is 10.1 Å². The van der Waals surface area contributed by atoms with Crippen molar-refractivity contribution >= 4 is 5.91 Å². The lowest BCUT2D eigenvalue weighted by atomic mass is 10.1.